The third-order valence-corrected chi connectivity index (χ3v) is 6.83. The normalized spacial score (nSPS) is 19.6. The second kappa shape index (κ2) is 7.96. The zero-order valence-corrected chi connectivity index (χ0v) is 14.5. The van der Waals surface area contributed by atoms with Crippen molar-refractivity contribution in [2.45, 2.75) is 30.4 Å². The van der Waals surface area contributed by atoms with Crippen LogP contribution in [0.5, 0.6) is 0 Å². The minimum Gasteiger partial charge on any atom is -0.316 e. The minimum absolute atomic E-state index is 0. The van der Waals surface area contributed by atoms with Crippen LogP contribution < -0.4 is 10.0 Å². The fraction of sp³-hybridized carbons (Fsp3) is 0.667. The Morgan fingerprint density at radius 3 is 2.85 bits per heavy atom. The Hall–Kier alpha value is 0.150. The predicted molar refractivity (Wildman–Crippen MR) is 86.7 cm³/mol. The number of thiophene rings is 1. The Balaban J connectivity index is 0.00000200. The second-order valence-corrected chi connectivity index (χ2v) is 8.57. The van der Waals surface area contributed by atoms with Crippen molar-refractivity contribution in [3.05, 3.63) is 16.0 Å². The van der Waals surface area contributed by atoms with E-state index in [-0.39, 0.29) is 12.4 Å². The molecule has 0 bridgehead atoms. The van der Waals surface area contributed by atoms with Gasteiger partial charge in [-0.25, -0.2) is 13.1 Å². The molecule has 0 radical (unpaired) electrons. The van der Waals surface area contributed by atoms with E-state index in [1.165, 1.54) is 12.8 Å². The van der Waals surface area contributed by atoms with E-state index in [1.54, 1.807) is 6.07 Å². The number of sulfonamides is 1. The lowest BCUT2D eigenvalue weighted by Gasteiger charge is -2.22. The van der Waals surface area contributed by atoms with Crippen LogP contribution in [0.4, 0.5) is 0 Å². The molecule has 0 aromatic carbocycles. The monoisotopic (exact) mass is 358 g/mol. The molecule has 1 aromatic rings. The smallest absolute Gasteiger partial charge is 0.250 e. The molecule has 0 amide bonds. The molecule has 0 saturated carbocycles. The number of piperidine rings is 1. The standard InChI is InChI=1S/C12H19ClN2O2S2.ClH/c1-9-7-11(18-12(9)13)19(16,17)15-6-4-10-3-2-5-14-8-10;/h7,10,14-15H,2-6,8H2,1H3;1H. The summed E-state index contributed by atoms with van der Waals surface area (Å²) in [6.07, 6.45) is 3.24. The maximum absolute atomic E-state index is 12.1. The average molecular weight is 359 g/mol. The highest BCUT2D eigenvalue weighted by atomic mass is 35.5. The van der Waals surface area contributed by atoms with E-state index in [2.05, 4.69) is 10.0 Å². The van der Waals surface area contributed by atoms with Crippen molar-refractivity contribution in [2.24, 2.45) is 5.92 Å². The highest BCUT2D eigenvalue weighted by molar-refractivity contribution is 7.91. The molecule has 4 nitrogen and oxygen atoms in total. The van der Waals surface area contributed by atoms with Crippen LogP contribution >= 0.6 is 35.3 Å². The summed E-state index contributed by atoms with van der Waals surface area (Å²) in [4.78, 5) is 0. The molecule has 1 fully saturated rings. The van der Waals surface area contributed by atoms with Crippen LogP contribution in [0.1, 0.15) is 24.8 Å². The van der Waals surface area contributed by atoms with Crippen LogP contribution in [0.2, 0.25) is 4.34 Å². The number of nitrogens with one attached hydrogen (secondary N) is 2. The molecule has 1 atom stereocenters. The van der Waals surface area contributed by atoms with Crippen LogP contribution in [-0.4, -0.2) is 28.1 Å². The fourth-order valence-electron chi connectivity index (χ4n) is 2.20. The quantitative estimate of drug-likeness (QED) is 0.850. The number of hydrogen-bond acceptors (Lipinski definition) is 4. The highest BCUT2D eigenvalue weighted by Crippen LogP contribution is 2.29. The summed E-state index contributed by atoms with van der Waals surface area (Å²) < 4.78 is 27.6. The Labute approximate surface area is 135 Å². The molecule has 8 heteroatoms. The van der Waals surface area contributed by atoms with Crippen LogP contribution in [0, 0.1) is 12.8 Å². The van der Waals surface area contributed by atoms with E-state index >= 15 is 0 Å². The summed E-state index contributed by atoms with van der Waals surface area (Å²) in [7, 11) is -3.40. The maximum Gasteiger partial charge on any atom is 0.250 e. The van der Waals surface area contributed by atoms with Crippen molar-refractivity contribution in [3.63, 3.8) is 0 Å². The molecule has 116 valence electrons. The van der Waals surface area contributed by atoms with Crippen molar-refractivity contribution in [2.75, 3.05) is 19.6 Å². The molecule has 0 spiro atoms. The van der Waals surface area contributed by atoms with Gasteiger partial charge in [0, 0.05) is 6.54 Å². The summed E-state index contributed by atoms with van der Waals surface area (Å²) >= 11 is 7.02. The summed E-state index contributed by atoms with van der Waals surface area (Å²) in [5.41, 5.74) is 0.809. The van der Waals surface area contributed by atoms with Gasteiger partial charge in [0.15, 0.2) is 0 Å². The van der Waals surface area contributed by atoms with Gasteiger partial charge in [-0.1, -0.05) is 11.6 Å². The Morgan fingerprint density at radius 1 is 1.55 bits per heavy atom. The van der Waals surface area contributed by atoms with Crippen molar-refractivity contribution in [3.8, 4) is 0 Å². The molecule has 1 aromatic heterocycles. The molecule has 1 unspecified atom stereocenters. The van der Waals surface area contributed by atoms with E-state index in [9.17, 15) is 8.42 Å². The Bertz CT molecular complexity index is 506. The lowest BCUT2D eigenvalue weighted by Crippen LogP contribution is -2.33. The van der Waals surface area contributed by atoms with Gasteiger partial charge in [0.1, 0.15) is 4.21 Å². The summed E-state index contributed by atoms with van der Waals surface area (Å²) in [5, 5.41) is 3.33. The summed E-state index contributed by atoms with van der Waals surface area (Å²) in [6, 6.07) is 1.62. The first-order valence-electron chi connectivity index (χ1n) is 6.45. The third kappa shape index (κ3) is 4.86. The first-order chi connectivity index (χ1) is 8.99. The van der Waals surface area contributed by atoms with Gasteiger partial charge in [-0.15, -0.1) is 23.7 Å². The van der Waals surface area contributed by atoms with Crippen molar-refractivity contribution < 1.29 is 8.42 Å². The molecule has 2 rings (SSSR count). The van der Waals surface area contributed by atoms with Crippen LogP contribution in [0.15, 0.2) is 10.3 Å². The van der Waals surface area contributed by atoms with Gasteiger partial charge in [0.05, 0.1) is 4.34 Å². The first-order valence-corrected chi connectivity index (χ1v) is 9.13. The van der Waals surface area contributed by atoms with Gasteiger partial charge in [-0.3, -0.25) is 0 Å². The van der Waals surface area contributed by atoms with Crippen LogP contribution in [-0.2, 0) is 10.0 Å². The van der Waals surface area contributed by atoms with E-state index in [4.69, 9.17) is 11.6 Å². The zero-order valence-electron chi connectivity index (χ0n) is 11.3. The second-order valence-electron chi connectivity index (χ2n) is 4.92. The predicted octanol–water partition coefficient (Wildman–Crippen LogP) is 2.80. The number of halogens is 2. The lowest BCUT2D eigenvalue weighted by molar-refractivity contribution is 0.358. The SMILES string of the molecule is Cc1cc(S(=O)(=O)NCCC2CCCNC2)sc1Cl.Cl. The lowest BCUT2D eigenvalue weighted by atomic mass is 9.96. The Kier molecular flexibility index (Phi) is 7.24. The first kappa shape index (κ1) is 18.2. The summed E-state index contributed by atoms with van der Waals surface area (Å²) in [5.74, 6) is 0.574. The van der Waals surface area contributed by atoms with Crippen LogP contribution in [0.25, 0.3) is 0 Å². The molecule has 0 aliphatic carbocycles. The Morgan fingerprint density at radius 2 is 2.30 bits per heavy atom. The fourth-order valence-corrected chi connectivity index (χ4v) is 5.00. The van der Waals surface area contributed by atoms with Gasteiger partial charge in [-0.05, 0) is 56.8 Å². The molecule has 20 heavy (non-hydrogen) atoms. The van der Waals surface area contributed by atoms with Gasteiger partial charge in [0.2, 0.25) is 10.0 Å². The number of hydrogen-bond donors (Lipinski definition) is 2. The van der Waals surface area contributed by atoms with Gasteiger partial charge in [-0.2, -0.15) is 0 Å². The maximum atomic E-state index is 12.1. The van der Waals surface area contributed by atoms with Crippen molar-refractivity contribution in [1.29, 1.82) is 0 Å². The molecule has 2 heterocycles. The van der Waals surface area contributed by atoms with Gasteiger partial charge < -0.3 is 5.32 Å². The molecule has 1 aliphatic heterocycles. The molecule has 1 aliphatic rings. The van der Waals surface area contributed by atoms with E-state index < -0.39 is 10.0 Å². The van der Waals surface area contributed by atoms with Crippen molar-refractivity contribution >= 4 is 45.4 Å². The average Bonchev–Trinajstić information content (AvgIpc) is 2.72. The van der Waals surface area contributed by atoms with E-state index in [0.717, 1.165) is 36.4 Å². The number of aryl methyl sites for hydroxylation is 1. The highest BCUT2D eigenvalue weighted by Gasteiger charge is 2.19. The third-order valence-electron chi connectivity index (χ3n) is 3.34. The summed E-state index contributed by atoms with van der Waals surface area (Å²) in [6.45, 7) is 4.37. The zero-order chi connectivity index (χ0) is 13.9. The van der Waals surface area contributed by atoms with Gasteiger partial charge >= 0.3 is 0 Å². The van der Waals surface area contributed by atoms with E-state index in [1.807, 2.05) is 6.92 Å². The molecule has 2 N–H and O–H groups in total. The van der Waals surface area contributed by atoms with Crippen molar-refractivity contribution in [1.82, 2.24) is 10.0 Å². The van der Waals surface area contributed by atoms with Gasteiger partial charge in [0.25, 0.3) is 0 Å². The van der Waals surface area contributed by atoms with E-state index in [0.29, 0.717) is 21.0 Å². The largest absolute Gasteiger partial charge is 0.316 e. The number of rotatable bonds is 5. The minimum atomic E-state index is -3.40. The van der Waals surface area contributed by atoms with Crippen LogP contribution in [0.3, 0.4) is 0 Å². The molecular weight excluding hydrogens is 339 g/mol. The topological polar surface area (TPSA) is 58.2 Å². The molecular formula is C12H20Cl2N2O2S2. The molecule has 1 saturated heterocycles.